The van der Waals surface area contributed by atoms with E-state index in [2.05, 4.69) is 32.7 Å². The first-order chi connectivity index (χ1) is 8.02. The second kappa shape index (κ2) is 6.77. The average Bonchev–Trinajstić information content (AvgIpc) is 2.29. The van der Waals surface area contributed by atoms with Gasteiger partial charge in [-0.1, -0.05) is 50.1 Å². The van der Waals surface area contributed by atoms with Crippen LogP contribution >= 0.6 is 0 Å². The molecule has 2 atom stereocenters. The maximum absolute atomic E-state index is 10.1. The Kier molecular flexibility index (Phi) is 5.66. The zero-order chi connectivity index (χ0) is 12.8. The predicted octanol–water partition coefficient (Wildman–Crippen LogP) is 3.01. The number of benzene rings is 1. The number of nitrogens with zero attached hydrogens (tertiary/aromatic N) is 1. The van der Waals surface area contributed by atoms with Gasteiger partial charge in [-0.25, -0.2) is 0 Å². The summed E-state index contributed by atoms with van der Waals surface area (Å²) in [4.78, 5) is 2.21. The monoisotopic (exact) mass is 235 g/mol. The second-order valence-electron chi connectivity index (χ2n) is 5.16. The number of rotatable bonds is 6. The van der Waals surface area contributed by atoms with Crippen LogP contribution in [0.15, 0.2) is 24.3 Å². The Bertz CT molecular complexity index is 320. The second-order valence-corrected chi connectivity index (χ2v) is 5.16. The molecule has 0 amide bonds. The molecular weight excluding hydrogens is 210 g/mol. The van der Waals surface area contributed by atoms with Gasteiger partial charge in [0.05, 0.1) is 6.10 Å². The van der Waals surface area contributed by atoms with E-state index in [1.807, 2.05) is 24.3 Å². The average molecular weight is 235 g/mol. The van der Waals surface area contributed by atoms with Crippen molar-refractivity contribution >= 4 is 0 Å². The van der Waals surface area contributed by atoms with Crippen molar-refractivity contribution < 1.29 is 5.11 Å². The SMILES string of the molecule is CCC(C)CN(C)CC(O)c1ccc(C)cc1. The summed E-state index contributed by atoms with van der Waals surface area (Å²) in [5.41, 5.74) is 2.24. The zero-order valence-electron chi connectivity index (χ0n) is 11.5. The van der Waals surface area contributed by atoms with Crippen molar-refractivity contribution in [3.8, 4) is 0 Å². The number of hydrogen-bond acceptors (Lipinski definition) is 2. The van der Waals surface area contributed by atoms with Gasteiger partial charge in [0.25, 0.3) is 0 Å². The molecule has 1 N–H and O–H groups in total. The standard InChI is InChI=1S/C15H25NO/c1-5-12(2)10-16(4)11-15(17)14-8-6-13(3)7-9-14/h6-9,12,15,17H,5,10-11H2,1-4H3. The van der Waals surface area contributed by atoms with Gasteiger partial charge in [0, 0.05) is 13.1 Å². The molecule has 1 aromatic rings. The minimum absolute atomic E-state index is 0.385. The Morgan fingerprint density at radius 3 is 2.29 bits per heavy atom. The van der Waals surface area contributed by atoms with E-state index in [0.29, 0.717) is 12.5 Å². The van der Waals surface area contributed by atoms with Gasteiger partial charge < -0.3 is 10.0 Å². The number of hydrogen-bond donors (Lipinski definition) is 1. The zero-order valence-corrected chi connectivity index (χ0v) is 11.5. The fraction of sp³-hybridized carbons (Fsp3) is 0.600. The van der Waals surface area contributed by atoms with Crippen LogP contribution in [0.4, 0.5) is 0 Å². The molecule has 2 unspecified atom stereocenters. The van der Waals surface area contributed by atoms with Crippen molar-refractivity contribution in [1.29, 1.82) is 0 Å². The van der Waals surface area contributed by atoms with E-state index in [1.165, 1.54) is 12.0 Å². The molecular formula is C15H25NO. The summed E-state index contributed by atoms with van der Waals surface area (Å²) >= 11 is 0. The van der Waals surface area contributed by atoms with Gasteiger partial charge in [0.15, 0.2) is 0 Å². The van der Waals surface area contributed by atoms with E-state index in [0.717, 1.165) is 12.1 Å². The highest BCUT2D eigenvalue weighted by atomic mass is 16.3. The van der Waals surface area contributed by atoms with Crippen molar-refractivity contribution in [3.63, 3.8) is 0 Å². The van der Waals surface area contributed by atoms with Crippen LogP contribution in [0.25, 0.3) is 0 Å². The molecule has 0 fully saturated rings. The highest BCUT2D eigenvalue weighted by molar-refractivity contribution is 5.23. The minimum atomic E-state index is -0.385. The summed E-state index contributed by atoms with van der Waals surface area (Å²) in [6.07, 6.45) is 0.801. The van der Waals surface area contributed by atoms with Gasteiger partial charge in [0.1, 0.15) is 0 Å². The molecule has 0 saturated carbocycles. The van der Waals surface area contributed by atoms with Crippen LogP contribution in [0.2, 0.25) is 0 Å². The Labute approximate surface area is 105 Å². The molecule has 0 bridgehead atoms. The topological polar surface area (TPSA) is 23.5 Å². The van der Waals surface area contributed by atoms with Crippen LogP contribution in [0.5, 0.6) is 0 Å². The summed E-state index contributed by atoms with van der Waals surface area (Å²) in [7, 11) is 2.07. The molecule has 2 nitrogen and oxygen atoms in total. The number of likely N-dealkylation sites (N-methyl/N-ethyl adjacent to an activating group) is 1. The number of aryl methyl sites for hydroxylation is 1. The summed E-state index contributed by atoms with van der Waals surface area (Å²) < 4.78 is 0. The van der Waals surface area contributed by atoms with Crippen molar-refractivity contribution in [2.24, 2.45) is 5.92 Å². The van der Waals surface area contributed by atoms with Crippen LogP contribution in [-0.4, -0.2) is 30.1 Å². The number of aliphatic hydroxyl groups is 1. The molecule has 0 saturated heterocycles. The molecule has 0 spiro atoms. The van der Waals surface area contributed by atoms with E-state index in [1.54, 1.807) is 0 Å². The Morgan fingerprint density at radius 1 is 1.18 bits per heavy atom. The van der Waals surface area contributed by atoms with E-state index >= 15 is 0 Å². The third kappa shape index (κ3) is 4.88. The third-order valence-corrected chi connectivity index (χ3v) is 3.27. The Morgan fingerprint density at radius 2 is 1.76 bits per heavy atom. The highest BCUT2D eigenvalue weighted by Gasteiger charge is 2.12. The largest absolute Gasteiger partial charge is 0.387 e. The van der Waals surface area contributed by atoms with E-state index < -0.39 is 0 Å². The molecule has 0 aromatic heterocycles. The van der Waals surface area contributed by atoms with Crippen molar-refractivity contribution in [3.05, 3.63) is 35.4 Å². The van der Waals surface area contributed by atoms with Crippen LogP contribution in [0.3, 0.4) is 0 Å². The minimum Gasteiger partial charge on any atom is -0.387 e. The molecule has 1 rings (SSSR count). The Balaban J connectivity index is 2.48. The fourth-order valence-corrected chi connectivity index (χ4v) is 1.92. The van der Waals surface area contributed by atoms with Crippen LogP contribution in [-0.2, 0) is 0 Å². The van der Waals surface area contributed by atoms with Gasteiger partial charge in [-0.05, 0) is 25.5 Å². The normalized spacial score (nSPS) is 14.9. The van der Waals surface area contributed by atoms with Crippen LogP contribution < -0.4 is 0 Å². The van der Waals surface area contributed by atoms with Crippen molar-refractivity contribution in [2.45, 2.75) is 33.3 Å². The van der Waals surface area contributed by atoms with Crippen LogP contribution in [0.1, 0.15) is 37.5 Å². The fourth-order valence-electron chi connectivity index (χ4n) is 1.92. The quantitative estimate of drug-likeness (QED) is 0.819. The molecule has 0 aliphatic carbocycles. The first kappa shape index (κ1) is 14.2. The van der Waals surface area contributed by atoms with Gasteiger partial charge in [0.2, 0.25) is 0 Å². The molecule has 1 aromatic carbocycles. The highest BCUT2D eigenvalue weighted by Crippen LogP contribution is 2.15. The summed E-state index contributed by atoms with van der Waals surface area (Å²) in [5.74, 6) is 0.685. The molecule has 0 radical (unpaired) electrons. The maximum atomic E-state index is 10.1. The lowest BCUT2D eigenvalue weighted by Crippen LogP contribution is -2.28. The summed E-state index contributed by atoms with van der Waals surface area (Å²) in [5, 5.41) is 10.1. The third-order valence-electron chi connectivity index (χ3n) is 3.27. The lowest BCUT2D eigenvalue weighted by atomic mass is 10.1. The first-order valence-electron chi connectivity index (χ1n) is 6.46. The van der Waals surface area contributed by atoms with E-state index in [-0.39, 0.29) is 6.10 Å². The van der Waals surface area contributed by atoms with Crippen molar-refractivity contribution in [2.75, 3.05) is 20.1 Å². The maximum Gasteiger partial charge on any atom is 0.0916 e. The summed E-state index contributed by atoms with van der Waals surface area (Å²) in [6.45, 7) is 8.25. The van der Waals surface area contributed by atoms with Crippen molar-refractivity contribution in [1.82, 2.24) is 4.90 Å². The van der Waals surface area contributed by atoms with E-state index in [4.69, 9.17) is 0 Å². The molecule has 17 heavy (non-hydrogen) atoms. The molecule has 0 aliphatic heterocycles. The van der Waals surface area contributed by atoms with Crippen LogP contribution in [0, 0.1) is 12.8 Å². The molecule has 0 aliphatic rings. The lowest BCUT2D eigenvalue weighted by molar-refractivity contribution is 0.119. The van der Waals surface area contributed by atoms with Gasteiger partial charge in [-0.15, -0.1) is 0 Å². The predicted molar refractivity (Wildman–Crippen MR) is 73.1 cm³/mol. The molecule has 0 heterocycles. The smallest absolute Gasteiger partial charge is 0.0916 e. The van der Waals surface area contributed by atoms with Gasteiger partial charge in [-0.3, -0.25) is 0 Å². The van der Waals surface area contributed by atoms with E-state index in [9.17, 15) is 5.11 Å². The molecule has 96 valence electrons. The summed E-state index contributed by atoms with van der Waals surface area (Å²) in [6, 6.07) is 8.12. The van der Waals surface area contributed by atoms with Gasteiger partial charge >= 0.3 is 0 Å². The molecule has 2 heteroatoms. The lowest BCUT2D eigenvalue weighted by Gasteiger charge is -2.23. The number of aliphatic hydroxyl groups excluding tert-OH is 1. The van der Waals surface area contributed by atoms with Gasteiger partial charge in [-0.2, -0.15) is 0 Å². The Hall–Kier alpha value is -0.860. The first-order valence-corrected chi connectivity index (χ1v) is 6.46.